The van der Waals surface area contributed by atoms with Crippen molar-refractivity contribution in [1.82, 2.24) is 4.98 Å². The van der Waals surface area contributed by atoms with Crippen molar-refractivity contribution in [3.8, 4) is 5.75 Å². The van der Waals surface area contributed by atoms with Crippen LogP contribution in [0.3, 0.4) is 0 Å². The number of nitrogens with one attached hydrogen (secondary N) is 1. The van der Waals surface area contributed by atoms with Gasteiger partial charge in [-0.1, -0.05) is 29.0 Å². The molecule has 0 aliphatic heterocycles. The molecule has 0 spiro atoms. The molecule has 0 saturated carbocycles. The zero-order chi connectivity index (χ0) is 13.2. The third-order valence-corrected chi connectivity index (χ3v) is 3.84. The number of halogens is 1. The van der Waals surface area contributed by atoms with E-state index >= 15 is 0 Å². The normalized spacial score (nSPS) is 10.6. The van der Waals surface area contributed by atoms with Gasteiger partial charge in [-0.2, -0.15) is 0 Å². The maximum absolute atomic E-state index is 5.96. The minimum absolute atomic E-state index is 0.702. The summed E-state index contributed by atoms with van der Waals surface area (Å²) in [6.45, 7) is 0. The molecule has 0 unspecified atom stereocenters. The second-order valence-corrected chi connectivity index (χ2v) is 5.46. The fourth-order valence-corrected chi connectivity index (χ4v) is 2.88. The first kappa shape index (κ1) is 12.3. The summed E-state index contributed by atoms with van der Waals surface area (Å²) >= 11 is 7.54. The van der Waals surface area contributed by atoms with Gasteiger partial charge in [0.2, 0.25) is 0 Å². The second-order valence-electron chi connectivity index (χ2n) is 3.99. The van der Waals surface area contributed by atoms with E-state index in [-0.39, 0.29) is 0 Å². The Labute approximate surface area is 119 Å². The number of hydrogen-bond acceptors (Lipinski definition) is 4. The van der Waals surface area contributed by atoms with Gasteiger partial charge in [-0.25, -0.2) is 4.98 Å². The smallest absolute Gasteiger partial charge is 0.188 e. The Morgan fingerprint density at radius 3 is 2.89 bits per heavy atom. The van der Waals surface area contributed by atoms with Crippen molar-refractivity contribution in [2.45, 2.75) is 0 Å². The van der Waals surface area contributed by atoms with Crippen molar-refractivity contribution in [2.24, 2.45) is 0 Å². The van der Waals surface area contributed by atoms with Crippen molar-refractivity contribution < 1.29 is 4.74 Å². The highest BCUT2D eigenvalue weighted by atomic mass is 35.5. The molecule has 0 saturated heterocycles. The first-order chi connectivity index (χ1) is 9.24. The van der Waals surface area contributed by atoms with Crippen molar-refractivity contribution in [3.63, 3.8) is 0 Å². The van der Waals surface area contributed by atoms with E-state index in [1.165, 1.54) is 0 Å². The van der Waals surface area contributed by atoms with Gasteiger partial charge in [-0.05, 0) is 36.4 Å². The van der Waals surface area contributed by atoms with Gasteiger partial charge in [0.05, 0.1) is 17.3 Å². The number of aromatic nitrogens is 1. The van der Waals surface area contributed by atoms with Crippen LogP contribution in [0.15, 0.2) is 42.5 Å². The molecule has 0 fully saturated rings. The zero-order valence-electron chi connectivity index (χ0n) is 10.2. The molecule has 2 aromatic carbocycles. The number of methoxy groups -OCH3 is 1. The molecule has 0 amide bonds. The number of anilines is 2. The van der Waals surface area contributed by atoms with E-state index in [4.69, 9.17) is 16.3 Å². The molecule has 1 N–H and O–H groups in total. The monoisotopic (exact) mass is 290 g/mol. The van der Waals surface area contributed by atoms with Crippen LogP contribution in [0.25, 0.3) is 10.2 Å². The lowest BCUT2D eigenvalue weighted by molar-refractivity contribution is 0.415. The molecule has 1 heterocycles. The topological polar surface area (TPSA) is 34.1 Å². The van der Waals surface area contributed by atoms with Crippen molar-refractivity contribution in [3.05, 3.63) is 47.5 Å². The molecule has 1 aromatic heterocycles. The molecule has 3 nitrogen and oxygen atoms in total. The Bertz CT molecular complexity index is 726. The molecule has 0 bridgehead atoms. The Morgan fingerprint density at radius 2 is 2.11 bits per heavy atom. The first-order valence-corrected chi connectivity index (χ1v) is 6.91. The van der Waals surface area contributed by atoms with E-state index < -0.39 is 0 Å². The van der Waals surface area contributed by atoms with Crippen LogP contribution in [0.1, 0.15) is 0 Å². The predicted molar refractivity (Wildman–Crippen MR) is 80.9 cm³/mol. The van der Waals surface area contributed by atoms with Crippen LogP contribution in [-0.4, -0.2) is 12.1 Å². The van der Waals surface area contributed by atoms with E-state index in [1.807, 2.05) is 42.5 Å². The van der Waals surface area contributed by atoms with Crippen molar-refractivity contribution >= 4 is 44.0 Å². The fourth-order valence-electron chi connectivity index (χ4n) is 1.78. The highest BCUT2D eigenvalue weighted by Crippen LogP contribution is 2.31. The molecular formula is C14H11ClN2OS. The first-order valence-electron chi connectivity index (χ1n) is 5.72. The lowest BCUT2D eigenvalue weighted by Crippen LogP contribution is -1.88. The van der Waals surface area contributed by atoms with E-state index in [1.54, 1.807) is 18.4 Å². The molecule has 3 aromatic rings. The van der Waals surface area contributed by atoms with Crippen LogP contribution in [0, 0.1) is 0 Å². The number of rotatable bonds is 3. The summed E-state index contributed by atoms with van der Waals surface area (Å²) in [4.78, 5) is 4.52. The standard InChI is InChI=1S/C14H11ClN2OS/c1-18-11-5-6-12-13(8-11)19-14(17-12)16-10-4-2-3-9(15)7-10/h2-8H,1H3,(H,16,17). The van der Waals surface area contributed by atoms with Gasteiger partial charge in [0, 0.05) is 10.7 Å². The average Bonchev–Trinajstić information content (AvgIpc) is 2.79. The van der Waals surface area contributed by atoms with Crippen LogP contribution in [0.5, 0.6) is 5.75 Å². The Morgan fingerprint density at radius 1 is 1.21 bits per heavy atom. The number of fused-ring (bicyclic) bond motifs is 1. The van der Waals surface area contributed by atoms with E-state index in [0.717, 1.165) is 26.8 Å². The highest BCUT2D eigenvalue weighted by molar-refractivity contribution is 7.22. The van der Waals surface area contributed by atoms with Crippen LogP contribution < -0.4 is 10.1 Å². The summed E-state index contributed by atoms with van der Waals surface area (Å²) in [5.74, 6) is 0.838. The highest BCUT2D eigenvalue weighted by Gasteiger charge is 2.05. The molecule has 0 atom stereocenters. The molecule has 0 aliphatic rings. The third kappa shape index (κ3) is 2.64. The molecule has 0 aliphatic carbocycles. The van der Waals surface area contributed by atoms with Gasteiger partial charge < -0.3 is 10.1 Å². The molecule has 0 radical (unpaired) electrons. The minimum Gasteiger partial charge on any atom is -0.497 e. The minimum atomic E-state index is 0.702. The van der Waals surface area contributed by atoms with E-state index in [2.05, 4.69) is 10.3 Å². The lowest BCUT2D eigenvalue weighted by atomic mass is 10.3. The molecule has 19 heavy (non-hydrogen) atoms. The van der Waals surface area contributed by atoms with Gasteiger partial charge >= 0.3 is 0 Å². The Kier molecular flexibility index (Phi) is 3.27. The van der Waals surface area contributed by atoms with Crippen LogP contribution >= 0.6 is 22.9 Å². The number of benzene rings is 2. The zero-order valence-corrected chi connectivity index (χ0v) is 11.8. The Balaban J connectivity index is 1.93. The van der Waals surface area contributed by atoms with Gasteiger partial charge in [-0.3, -0.25) is 0 Å². The van der Waals surface area contributed by atoms with Gasteiger partial charge in [0.25, 0.3) is 0 Å². The summed E-state index contributed by atoms with van der Waals surface area (Å²) < 4.78 is 6.29. The fraction of sp³-hybridized carbons (Fsp3) is 0.0714. The molecule has 96 valence electrons. The quantitative estimate of drug-likeness (QED) is 0.759. The number of thiazole rings is 1. The van der Waals surface area contributed by atoms with E-state index in [9.17, 15) is 0 Å². The third-order valence-electron chi connectivity index (χ3n) is 2.67. The summed E-state index contributed by atoms with van der Waals surface area (Å²) in [6.07, 6.45) is 0. The molecule has 5 heteroatoms. The molecule has 3 rings (SSSR count). The number of ether oxygens (including phenoxy) is 1. The number of hydrogen-bond donors (Lipinski definition) is 1. The second kappa shape index (κ2) is 5.07. The maximum atomic E-state index is 5.96. The maximum Gasteiger partial charge on any atom is 0.188 e. The van der Waals surface area contributed by atoms with Gasteiger partial charge in [-0.15, -0.1) is 0 Å². The van der Waals surface area contributed by atoms with Crippen LogP contribution in [0.4, 0.5) is 10.8 Å². The number of nitrogens with zero attached hydrogens (tertiary/aromatic N) is 1. The van der Waals surface area contributed by atoms with Crippen LogP contribution in [-0.2, 0) is 0 Å². The SMILES string of the molecule is COc1ccc2nc(Nc3cccc(Cl)c3)sc2c1. The van der Waals surface area contributed by atoms with Crippen LogP contribution in [0.2, 0.25) is 5.02 Å². The Hall–Kier alpha value is -1.78. The predicted octanol–water partition coefficient (Wildman–Crippen LogP) is 4.70. The van der Waals surface area contributed by atoms with Gasteiger partial charge in [0.1, 0.15) is 5.75 Å². The summed E-state index contributed by atoms with van der Waals surface area (Å²) in [5, 5.41) is 4.79. The average molecular weight is 291 g/mol. The van der Waals surface area contributed by atoms with E-state index in [0.29, 0.717) is 5.02 Å². The molecular weight excluding hydrogens is 280 g/mol. The summed E-state index contributed by atoms with van der Waals surface area (Å²) in [5.41, 5.74) is 1.88. The summed E-state index contributed by atoms with van der Waals surface area (Å²) in [6, 6.07) is 13.4. The van der Waals surface area contributed by atoms with Crippen molar-refractivity contribution in [1.29, 1.82) is 0 Å². The largest absolute Gasteiger partial charge is 0.497 e. The summed E-state index contributed by atoms with van der Waals surface area (Å²) in [7, 11) is 1.66. The van der Waals surface area contributed by atoms with Crippen molar-refractivity contribution in [2.75, 3.05) is 12.4 Å². The van der Waals surface area contributed by atoms with Gasteiger partial charge in [0.15, 0.2) is 5.13 Å². The lowest BCUT2D eigenvalue weighted by Gasteiger charge is -2.01.